The van der Waals surface area contributed by atoms with E-state index in [9.17, 15) is 4.21 Å². The van der Waals surface area contributed by atoms with E-state index in [1.54, 1.807) is 5.41 Å². The van der Waals surface area contributed by atoms with Gasteiger partial charge in [0.15, 0.2) is 0 Å². The molecular formula is C13H17NOS. The number of fused-ring (bicyclic) bond motifs is 1. The van der Waals surface area contributed by atoms with Gasteiger partial charge in [-0.25, -0.2) is 4.21 Å². The summed E-state index contributed by atoms with van der Waals surface area (Å²) in [6.07, 6.45) is 3.06. The summed E-state index contributed by atoms with van der Waals surface area (Å²) in [7, 11) is -0.957. The largest absolute Gasteiger partial charge is 0.371 e. The quantitative estimate of drug-likeness (QED) is 0.799. The second-order valence-corrected chi connectivity index (χ2v) is 5.15. The molecular weight excluding hydrogens is 218 g/mol. The van der Waals surface area contributed by atoms with Crippen molar-refractivity contribution in [3.63, 3.8) is 0 Å². The maximum atomic E-state index is 11.9. The molecule has 0 aliphatic carbocycles. The Labute approximate surface area is 99.4 Å². The third-order valence-electron chi connectivity index (χ3n) is 2.81. The van der Waals surface area contributed by atoms with Gasteiger partial charge in [-0.2, -0.15) is 0 Å². The lowest BCUT2D eigenvalue weighted by Gasteiger charge is -2.24. The molecule has 86 valence electrons. The number of benzene rings is 1. The maximum Gasteiger partial charge on any atom is 0.0803 e. The van der Waals surface area contributed by atoms with Crippen LogP contribution in [0.15, 0.2) is 28.5 Å². The second-order valence-electron chi connectivity index (χ2n) is 3.88. The summed E-state index contributed by atoms with van der Waals surface area (Å²) in [5.74, 6) is 0. The summed E-state index contributed by atoms with van der Waals surface area (Å²) in [4.78, 5) is 3.28. The molecule has 0 fully saturated rings. The summed E-state index contributed by atoms with van der Waals surface area (Å²) in [5, 5.41) is 1.77. The van der Waals surface area contributed by atoms with Crippen LogP contribution in [0, 0.1) is 0 Å². The normalized spacial score (nSPS) is 17.5. The Morgan fingerprint density at radius 2 is 2.12 bits per heavy atom. The molecule has 1 aliphatic heterocycles. The van der Waals surface area contributed by atoms with Gasteiger partial charge in [-0.05, 0) is 31.1 Å². The Hall–Kier alpha value is -1.09. The monoisotopic (exact) mass is 235 g/mol. The summed E-state index contributed by atoms with van der Waals surface area (Å²) in [6, 6.07) is 6.14. The lowest BCUT2D eigenvalue weighted by atomic mass is 10.2. The summed E-state index contributed by atoms with van der Waals surface area (Å²) >= 11 is 0. The van der Waals surface area contributed by atoms with Crippen LogP contribution in [0.4, 0.5) is 5.69 Å². The Bertz CT molecular complexity index is 440. The molecule has 2 rings (SSSR count). The molecule has 1 heterocycles. The van der Waals surface area contributed by atoms with E-state index >= 15 is 0 Å². The molecule has 1 aromatic carbocycles. The predicted octanol–water partition coefficient (Wildman–Crippen LogP) is 3.01. The maximum absolute atomic E-state index is 11.9. The molecule has 0 saturated carbocycles. The van der Waals surface area contributed by atoms with Crippen molar-refractivity contribution in [3.8, 4) is 0 Å². The van der Waals surface area contributed by atoms with E-state index in [4.69, 9.17) is 0 Å². The van der Waals surface area contributed by atoms with Crippen LogP contribution in [0.1, 0.15) is 25.8 Å². The highest BCUT2D eigenvalue weighted by atomic mass is 32.2. The first-order valence-corrected chi connectivity index (χ1v) is 6.96. The molecule has 3 heteroatoms. The SMILES string of the molecule is CCCN(CC)c1cccc2c1S(=O)C=C2. The van der Waals surface area contributed by atoms with Gasteiger partial charge in [0.05, 0.1) is 21.4 Å². The highest BCUT2D eigenvalue weighted by Gasteiger charge is 2.19. The van der Waals surface area contributed by atoms with Crippen LogP contribution in [-0.4, -0.2) is 17.3 Å². The molecule has 2 nitrogen and oxygen atoms in total. The fourth-order valence-corrected chi connectivity index (χ4v) is 3.24. The Balaban J connectivity index is 2.43. The zero-order chi connectivity index (χ0) is 11.5. The molecule has 0 radical (unpaired) electrons. The molecule has 0 spiro atoms. The summed E-state index contributed by atoms with van der Waals surface area (Å²) in [6.45, 7) is 6.28. The van der Waals surface area contributed by atoms with E-state index in [0.29, 0.717) is 0 Å². The molecule has 1 aliphatic rings. The lowest BCUT2D eigenvalue weighted by molar-refractivity contribution is 0.688. The van der Waals surface area contributed by atoms with Crippen molar-refractivity contribution in [2.45, 2.75) is 25.2 Å². The van der Waals surface area contributed by atoms with E-state index < -0.39 is 10.8 Å². The average Bonchev–Trinajstić information content (AvgIpc) is 2.68. The van der Waals surface area contributed by atoms with Crippen molar-refractivity contribution in [2.24, 2.45) is 0 Å². The topological polar surface area (TPSA) is 20.3 Å². The first kappa shape index (κ1) is 11.4. The molecule has 1 unspecified atom stereocenters. The van der Waals surface area contributed by atoms with Gasteiger partial charge in [0.25, 0.3) is 0 Å². The summed E-state index contributed by atoms with van der Waals surface area (Å²) < 4.78 is 11.9. The minimum atomic E-state index is -0.957. The number of anilines is 1. The van der Waals surface area contributed by atoms with Crippen LogP contribution in [0.25, 0.3) is 6.08 Å². The van der Waals surface area contributed by atoms with E-state index in [2.05, 4.69) is 24.8 Å². The Morgan fingerprint density at radius 3 is 2.81 bits per heavy atom. The fraction of sp³-hybridized carbons (Fsp3) is 0.385. The van der Waals surface area contributed by atoms with E-state index in [1.165, 1.54) is 0 Å². The van der Waals surface area contributed by atoms with Gasteiger partial charge < -0.3 is 4.90 Å². The van der Waals surface area contributed by atoms with Crippen molar-refractivity contribution in [2.75, 3.05) is 18.0 Å². The highest BCUT2D eigenvalue weighted by Crippen LogP contribution is 2.33. The first-order chi connectivity index (χ1) is 7.77. The zero-order valence-corrected chi connectivity index (χ0v) is 10.6. The number of nitrogens with zero attached hydrogens (tertiary/aromatic N) is 1. The molecule has 1 atom stereocenters. The minimum absolute atomic E-state index is 0.957. The van der Waals surface area contributed by atoms with E-state index in [0.717, 1.165) is 35.7 Å². The molecule has 0 aromatic heterocycles. The van der Waals surface area contributed by atoms with Gasteiger partial charge in [0.1, 0.15) is 0 Å². The van der Waals surface area contributed by atoms with Crippen molar-refractivity contribution in [3.05, 3.63) is 29.2 Å². The number of hydrogen-bond donors (Lipinski definition) is 0. The standard InChI is InChI=1S/C13H17NOS/c1-3-9-14(4-2)12-7-5-6-11-8-10-16(15)13(11)12/h5-8,10H,3-4,9H2,1-2H3. The third kappa shape index (κ3) is 1.92. The third-order valence-corrected chi connectivity index (χ3v) is 4.04. The van der Waals surface area contributed by atoms with Crippen LogP contribution in [0.2, 0.25) is 0 Å². The lowest BCUT2D eigenvalue weighted by Crippen LogP contribution is -2.24. The zero-order valence-electron chi connectivity index (χ0n) is 9.77. The molecule has 0 amide bonds. The van der Waals surface area contributed by atoms with Gasteiger partial charge in [-0.3, -0.25) is 0 Å². The minimum Gasteiger partial charge on any atom is -0.371 e. The van der Waals surface area contributed by atoms with Gasteiger partial charge in [0.2, 0.25) is 0 Å². The highest BCUT2D eigenvalue weighted by molar-refractivity contribution is 7.88. The summed E-state index contributed by atoms with van der Waals surface area (Å²) in [5.41, 5.74) is 2.23. The van der Waals surface area contributed by atoms with E-state index in [-0.39, 0.29) is 0 Å². The second kappa shape index (κ2) is 4.83. The van der Waals surface area contributed by atoms with Gasteiger partial charge in [-0.1, -0.05) is 19.1 Å². The van der Waals surface area contributed by atoms with Crippen LogP contribution < -0.4 is 4.90 Å². The number of rotatable bonds is 4. The van der Waals surface area contributed by atoms with Crippen molar-refractivity contribution in [1.82, 2.24) is 0 Å². The predicted molar refractivity (Wildman–Crippen MR) is 70.1 cm³/mol. The Kier molecular flexibility index (Phi) is 3.44. The van der Waals surface area contributed by atoms with Crippen LogP contribution in [0.3, 0.4) is 0 Å². The van der Waals surface area contributed by atoms with Crippen LogP contribution in [-0.2, 0) is 10.8 Å². The molecule has 1 aromatic rings. The molecule has 0 N–H and O–H groups in total. The van der Waals surface area contributed by atoms with Crippen molar-refractivity contribution >= 4 is 22.6 Å². The van der Waals surface area contributed by atoms with Crippen LogP contribution in [0.5, 0.6) is 0 Å². The smallest absolute Gasteiger partial charge is 0.0803 e. The average molecular weight is 235 g/mol. The molecule has 0 bridgehead atoms. The fourth-order valence-electron chi connectivity index (χ4n) is 2.06. The van der Waals surface area contributed by atoms with E-state index in [1.807, 2.05) is 18.2 Å². The molecule has 0 saturated heterocycles. The van der Waals surface area contributed by atoms with Crippen molar-refractivity contribution < 1.29 is 4.21 Å². The van der Waals surface area contributed by atoms with Gasteiger partial charge >= 0.3 is 0 Å². The Morgan fingerprint density at radius 1 is 1.31 bits per heavy atom. The van der Waals surface area contributed by atoms with Crippen LogP contribution >= 0.6 is 0 Å². The van der Waals surface area contributed by atoms with Gasteiger partial charge in [-0.15, -0.1) is 0 Å². The van der Waals surface area contributed by atoms with Gasteiger partial charge in [0, 0.05) is 18.5 Å². The first-order valence-electron chi connectivity index (χ1n) is 5.74. The van der Waals surface area contributed by atoms with Crippen molar-refractivity contribution in [1.29, 1.82) is 0 Å². The molecule has 16 heavy (non-hydrogen) atoms. The number of hydrogen-bond acceptors (Lipinski definition) is 2.